The third-order valence-electron chi connectivity index (χ3n) is 2.63. The molecule has 1 amide bonds. The van der Waals surface area contributed by atoms with E-state index in [9.17, 15) is 18.0 Å². The number of carbonyl (C=O) groups is 1. The van der Waals surface area contributed by atoms with Gasteiger partial charge in [0.15, 0.2) is 0 Å². The lowest BCUT2D eigenvalue weighted by molar-refractivity contribution is -0.137. The van der Waals surface area contributed by atoms with Crippen molar-refractivity contribution in [1.82, 2.24) is 5.32 Å². The maximum atomic E-state index is 12.7. The van der Waals surface area contributed by atoms with Crippen LogP contribution in [0, 0.1) is 11.3 Å². The van der Waals surface area contributed by atoms with Gasteiger partial charge in [-0.25, -0.2) is 0 Å². The van der Waals surface area contributed by atoms with Gasteiger partial charge in [-0.1, -0.05) is 0 Å². The molecule has 1 rings (SSSR count). The third kappa shape index (κ3) is 4.46. The van der Waals surface area contributed by atoms with Gasteiger partial charge in [0.2, 0.25) is 5.91 Å². The Morgan fingerprint density at radius 2 is 2.10 bits per heavy atom. The average Bonchev–Trinajstić information content (AvgIpc) is 2.42. The van der Waals surface area contributed by atoms with Crippen molar-refractivity contribution in [2.75, 3.05) is 18.9 Å². The Balaban J connectivity index is 2.69. The van der Waals surface area contributed by atoms with Gasteiger partial charge in [0.25, 0.3) is 0 Å². The number of halogens is 3. The zero-order valence-corrected chi connectivity index (χ0v) is 10.8. The molecule has 1 aromatic carbocycles. The summed E-state index contributed by atoms with van der Waals surface area (Å²) < 4.78 is 38.2. The van der Waals surface area contributed by atoms with E-state index in [1.807, 2.05) is 0 Å². The minimum Gasteiger partial charge on any atom is -0.385 e. The molecule has 0 aliphatic rings. The Kier molecular flexibility index (Phi) is 5.38. The topological polar surface area (TPSA) is 64.9 Å². The number of hydrogen-bond acceptors (Lipinski definition) is 3. The fourth-order valence-corrected chi connectivity index (χ4v) is 1.59. The lowest BCUT2D eigenvalue weighted by Gasteiger charge is -2.12. The molecule has 0 bridgehead atoms. The molecule has 2 N–H and O–H groups in total. The number of nitriles is 1. The minimum atomic E-state index is -4.56. The van der Waals surface area contributed by atoms with Crippen molar-refractivity contribution in [2.24, 2.45) is 0 Å². The van der Waals surface area contributed by atoms with Crippen molar-refractivity contribution in [3.63, 3.8) is 0 Å². The molecule has 0 unspecified atom stereocenters. The Morgan fingerprint density at radius 1 is 1.40 bits per heavy atom. The fraction of sp³-hybridized carbons (Fsp3) is 0.385. The van der Waals surface area contributed by atoms with Gasteiger partial charge in [-0.05, 0) is 24.6 Å². The first kappa shape index (κ1) is 15.8. The van der Waals surface area contributed by atoms with E-state index >= 15 is 0 Å². The van der Waals surface area contributed by atoms with Crippen molar-refractivity contribution in [3.8, 4) is 6.07 Å². The van der Waals surface area contributed by atoms with Gasteiger partial charge in [0, 0.05) is 25.7 Å². The molecule has 4 nitrogen and oxygen atoms in total. The number of carbonyl (C=O) groups excluding carboxylic acids is 1. The van der Waals surface area contributed by atoms with Gasteiger partial charge in [0.1, 0.15) is 0 Å². The standard InChI is InChI=1S/C13H14F3N3O/c1-18-12(20)3-2-6-19-10-5-4-9(8-17)11(7-10)13(14,15)16/h4-5,7,19H,2-3,6H2,1H3,(H,18,20). The summed E-state index contributed by atoms with van der Waals surface area (Å²) >= 11 is 0. The maximum absolute atomic E-state index is 12.7. The summed E-state index contributed by atoms with van der Waals surface area (Å²) in [6, 6.07) is 4.96. The zero-order chi connectivity index (χ0) is 15.2. The molecular formula is C13H14F3N3O. The predicted molar refractivity (Wildman–Crippen MR) is 67.9 cm³/mol. The van der Waals surface area contributed by atoms with Gasteiger partial charge >= 0.3 is 6.18 Å². The highest BCUT2D eigenvalue weighted by Gasteiger charge is 2.33. The van der Waals surface area contributed by atoms with Crippen LogP contribution in [0.5, 0.6) is 0 Å². The molecule has 0 aliphatic carbocycles. The SMILES string of the molecule is CNC(=O)CCCNc1ccc(C#N)c(C(F)(F)F)c1. The monoisotopic (exact) mass is 285 g/mol. The van der Waals surface area contributed by atoms with Crippen LogP contribution in [0.2, 0.25) is 0 Å². The van der Waals surface area contributed by atoms with E-state index in [-0.39, 0.29) is 11.6 Å². The van der Waals surface area contributed by atoms with E-state index in [4.69, 9.17) is 5.26 Å². The summed E-state index contributed by atoms with van der Waals surface area (Å²) in [5.41, 5.74) is -1.10. The van der Waals surface area contributed by atoms with Crippen LogP contribution in [0.25, 0.3) is 0 Å². The summed E-state index contributed by atoms with van der Waals surface area (Å²) in [6.07, 6.45) is -3.77. The van der Waals surface area contributed by atoms with Crippen LogP contribution in [0.1, 0.15) is 24.0 Å². The van der Waals surface area contributed by atoms with Gasteiger partial charge in [-0.3, -0.25) is 4.79 Å². The summed E-state index contributed by atoms with van der Waals surface area (Å²) in [5, 5.41) is 13.9. The summed E-state index contributed by atoms with van der Waals surface area (Å²) in [4.78, 5) is 11.0. The quantitative estimate of drug-likeness (QED) is 0.817. The predicted octanol–water partition coefficient (Wildman–Crippen LogP) is 2.52. The molecule has 7 heteroatoms. The molecule has 1 aromatic rings. The van der Waals surface area contributed by atoms with Crippen LogP contribution < -0.4 is 10.6 Å². The maximum Gasteiger partial charge on any atom is 0.417 e. The lowest BCUT2D eigenvalue weighted by atomic mass is 10.1. The normalized spacial score (nSPS) is 10.8. The molecule has 0 saturated heterocycles. The highest BCUT2D eigenvalue weighted by molar-refractivity contribution is 5.75. The molecule has 0 heterocycles. The van der Waals surface area contributed by atoms with Crippen molar-refractivity contribution >= 4 is 11.6 Å². The molecule has 0 spiro atoms. The first-order chi connectivity index (χ1) is 9.38. The Morgan fingerprint density at radius 3 is 2.65 bits per heavy atom. The van der Waals surface area contributed by atoms with Crippen molar-refractivity contribution < 1.29 is 18.0 Å². The molecule has 0 aromatic heterocycles. The number of nitrogens with zero attached hydrogens (tertiary/aromatic N) is 1. The summed E-state index contributed by atoms with van der Waals surface area (Å²) in [7, 11) is 1.52. The van der Waals surface area contributed by atoms with E-state index < -0.39 is 17.3 Å². The van der Waals surface area contributed by atoms with Crippen molar-refractivity contribution in [2.45, 2.75) is 19.0 Å². The fourth-order valence-electron chi connectivity index (χ4n) is 1.59. The highest BCUT2D eigenvalue weighted by atomic mass is 19.4. The Hall–Kier alpha value is -2.23. The van der Waals surface area contributed by atoms with Crippen LogP contribution >= 0.6 is 0 Å². The Labute approximate surface area is 114 Å². The highest BCUT2D eigenvalue weighted by Crippen LogP contribution is 2.33. The van der Waals surface area contributed by atoms with E-state index in [1.54, 1.807) is 0 Å². The second kappa shape index (κ2) is 6.80. The van der Waals surface area contributed by atoms with E-state index in [0.29, 0.717) is 19.4 Å². The van der Waals surface area contributed by atoms with Gasteiger partial charge in [-0.2, -0.15) is 18.4 Å². The largest absolute Gasteiger partial charge is 0.417 e. The molecular weight excluding hydrogens is 271 g/mol. The number of nitrogens with one attached hydrogen (secondary N) is 2. The Bertz CT molecular complexity index is 521. The van der Waals surface area contributed by atoms with Crippen LogP contribution in [0.4, 0.5) is 18.9 Å². The lowest BCUT2D eigenvalue weighted by Crippen LogP contribution is -2.18. The van der Waals surface area contributed by atoms with Gasteiger partial charge in [0.05, 0.1) is 17.2 Å². The zero-order valence-electron chi connectivity index (χ0n) is 10.8. The van der Waals surface area contributed by atoms with Crippen molar-refractivity contribution in [1.29, 1.82) is 5.26 Å². The molecule has 0 atom stereocenters. The minimum absolute atomic E-state index is 0.123. The summed E-state index contributed by atoms with van der Waals surface area (Å²) in [6.45, 7) is 0.372. The number of benzene rings is 1. The van der Waals surface area contributed by atoms with E-state index in [0.717, 1.165) is 12.1 Å². The molecule has 108 valence electrons. The average molecular weight is 285 g/mol. The summed E-state index contributed by atoms with van der Waals surface area (Å²) in [5.74, 6) is -0.123. The molecule has 0 radical (unpaired) electrons. The smallest absolute Gasteiger partial charge is 0.385 e. The van der Waals surface area contributed by atoms with Gasteiger partial charge in [-0.15, -0.1) is 0 Å². The number of hydrogen-bond donors (Lipinski definition) is 2. The van der Waals surface area contributed by atoms with Gasteiger partial charge < -0.3 is 10.6 Å². The molecule has 20 heavy (non-hydrogen) atoms. The number of rotatable bonds is 5. The second-order valence-corrected chi connectivity index (χ2v) is 4.07. The van der Waals surface area contributed by atoms with Crippen LogP contribution in [-0.2, 0) is 11.0 Å². The molecule has 0 aliphatic heterocycles. The van der Waals surface area contributed by atoms with E-state index in [2.05, 4.69) is 10.6 Å². The third-order valence-corrected chi connectivity index (χ3v) is 2.63. The van der Waals surface area contributed by atoms with Crippen LogP contribution in [-0.4, -0.2) is 19.5 Å². The molecule has 0 fully saturated rings. The first-order valence-corrected chi connectivity index (χ1v) is 5.94. The van der Waals surface area contributed by atoms with Crippen LogP contribution in [0.15, 0.2) is 18.2 Å². The number of amides is 1. The van der Waals surface area contributed by atoms with E-state index in [1.165, 1.54) is 19.2 Å². The van der Waals surface area contributed by atoms with Crippen molar-refractivity contribution in [3.05, 3.63) is 29.3 Å². The molecule has 0 saturated carbocycles. The second-order valence-electron chi connectivity index (χ2n) is 4.07. The van der Waals surface area contributed by atoms with Crippen LogP contribution in [0.3, 0.4) is 0 Å². The number of anilines is 1. The first-order valence-electron chi connectivity index (χ1n) is 5.94. The number of alkyl halides is 3.